The Morgan fingerprint density at radius 3 is 0.600 bits per heavy atom. The van der Waals surface area contributed by atoms with E-state index in [1.165, 1.54) is 0 Å². The number of quaternary nitrogens is 2. The van der Waals surface area contributed by atoms with E-state index in [4.69, 9.17) is 0 Å². The first-order valence-corrected chi connectivity index (χ1v) is 0. The normalized spacial score (nSPS) is 0. The molecule has 0 atom stereocenters. The molecule has 0 heterocycles. The fourth-order valence-corrected chi connectivity index (χ4v) is 0. The van der Waals surface area contributed by atoms with Crippen molar-refractivity contribution in [1.82, 2.24) is 12.3 Å². The summed E-state index contributed by atoms with van der Waals surface area (Å²) in [7, 11) is 0. The van der Waals surface area contributed by atoms with Crippen LogP contribution in [0.4, 0.5) is 0 Å². The molecule has 5 heavy (non-hydrogen) atoms. The predicted molar refractivity (Wildman–Crippen MR) is 17.7 cm³/mol. The first-order chi connectivity index (χ1) is 0. The largest absolute Gasteiger partial charge is 2.00 e. The van der Waals surface area contributed by atoms with Crippen molar-refractivity contribution >= 4 is 10.1 Å². The SMILES string of the molecule is [Be+2].[I-].[I-].[NH4+].[NH4+]. The van der Waals surface area contributed by atoms with Gasteiger partial charge in [-0.2, -0.15) is 0 Å². The van der Waals surface area contributed by atoms with Gasteiger partial charge < -0.3 is 60.3 Å². The van der Waals surface area contributed by atoms with Crippen molar-refractivity contribution in [1.29, 1.82) is 0 Å². The van der Waals surface area contributed by atoms with Crippen LogP contribution in [-0.4, -0.2) is 10.1 Å². The molecule has 0 aromatic rings. The Bertz CT molecular complexity index is 7.61. The van der Waals surface area contributed by atoms with Crippen molar-refractivity contribution < 1.29 is 48.0 Å². The maximum absolute atomic E-state index is 0. The quantitative estimate of drug-likeness (QED) is 0.331. The summed E-state index contributed by atoms with van der Waals surface area (Å²) in [5.41, 5.74) is 0. The second-order valence-corrected chi connectivity index (χ2v) is 0. The molecule has 0 radical (unpaired) electrons. The van der Waals surface area contributed by atoms with Crippen LogP contribution in [-0.2, 0) is 0 Å². The Morgan fingerprint density at radius 2 is 0.600 bits per heavy atom. The molecule has 0 saturated heterocycles. The van der Waals surface area contributed by atoms with E-state index in [1.54, 1.807) is 0 Å². The monoisotopic (exact) mass is 299 g/mol. The summed E-state index contributed by atoms with van der Waals surface area (Å²) in [5.74, 6) is 0. The summed E-state index contributed by atoms with van der Waals surface area (Å²) in [5, 5.41) is 0. The number of hydrogen-bond donors (Lipinski definition) is 2. The molecule has 8 N–H and O–H groups in total. The van der Waals surface area contributed by atoms with Crippen molar-refractivity contribution in [3.8, 4) is 0 Å². The van der Waals surface area contributed by atoms with Gasteiger partial charge in [-0.3, -0.25) is 0 Å². The van der Waals surface area contributed by atoms with Gasteiger partial charge in [0.2, 0.25) is 0 Å². The standard InChI is InChI=1S/Be.2HI.2H3N/h;2*1H;2*1H3/q+2;;;;. The zero-order chi connectivity index (χ0) is 0. The molecule has 0 rings (SSSR count). The third-order valence-electron chi connectivity index (χ3n) is 0. The van der Waals surface area contributed by atoms with Gasteiger partial charge >= 0.3 is 10.1 Å². The minimum Gasteiger partial charge on any atom is -1.00 e. The Kier molecular flexibility index (Phi) is 805. The molecule has 0 aromatic carbocycles. The van der Waals surface area contributed by atoms with Gasteiger partial charge in [0.15, 0.2) is 0 Å². The van der Waals surface area contributed by atoms with E-state index < -0.39 is 0 Å². The number of halogens is 2. The first-order valence-electron chi connectivity index (χ1n) is 0. The van der Waals surface area contributed by atoms with Crippen molar-refractivity contribution in [2.75, 3.05) is 0 Å². The van der Waals surface area contributed by atoms with Crippen LogP contribution in [0.1, 0.15) is 0 Å². The molecule has 0 aromatic heterocycles. The van der Waals surface area contributed by atoms with E-state index >= 15 is 0 Å². The van der Waals surface area contributed by atoms with E-state index in [1.807, 2.05) is 0 Å². The summed E-state index contributed by atoms with van der Waals surface area (Å²) < 4.78 is 0. The van der Waals surface area contributed by atoms with Gasteiger partial charge in [0.05, 0.1) is 0 Å². The average Bonchev–Trinajstić information content (AvgIpc) is 0. The smallest absolute Gasteiger partial charge is 1.00 e. The fourth-order valence-electron chi connectivity index (χ4n) is 0. The molecule has 0 aliphatic rings. The van der Waals surface area contributed by atoms with Crippen molar-refractivity contribution in [3.63, 3.8) is 0 Å². The minimum atomic E-state index is 0. The van der Waals surface area contributed by atoms with Gasteiger partial charge in [-0.1, -0.05) is 0 Å². The van der Waals surface area contributed by atoms with Crippen LogP contribution in [0.25, 0.3) is 0 Å². The van der Waals surface area contributed by atoms with E-state index in [2.05, 4.69) is 0 Å². The van der Waals surface area contributed by atoms with Crippen LogP contribution < -0.4 is 60.3 Å². The van der Waals surface area contributed by atoms with E-state index in [9.17, 15) is 0 Å². The van der Waals surface area contributed by atoms with Gasteiger partial charge in [0.1, 0.15) is 0 Å². The van der Waals surface area contributed by atoms with E-state index in [-0.39, 0.29) is 70.4 Å². The Hall–Kier alpha value is 1.55. The summed E-state index contributed by atoms with van der Waals surface area (Å²) >= 11 is 0. The second kappa shape index (κ2) is 47.9. The van der Waals surface area contributed by atoms with E-state index in [0.717, 1.165) is 0 Å². The molecular weight excluding hydrogens is 291 g/mol. The minimum absolute atomic E-state index is 0. The van der Waals surface area contributed by atoms with Gasteiger partial charge in [-0.05, 0) is 0 Å². The maximum atomic E-state index is 0. The number of rotatable bonds is 0. The van der Waals surface area contributed by atoms with Crippen LogP contribution in [0.3, 0.4) is 0 Å². The Labute approximate surface area is 69.9 Å². The maximum Gasteiger partial charge on any atom is 2.00 e. The van der Waals surface area contributed by atoms with Gasteiger partial charge in [-0.15, -0.1) is 0 Å². The molecule has 0 aliphatic heterocycles. The summed E-state index contributed by atoms with van der Waals surface area (Å²) in [4.78, 5) is 0. The molecule has 2 nitrogen and oxygen atoms in total. The zero-order valence-corrected chi connectivity index (χ0v) is 7.78. The summed E-state index contributed by atoms with van der Waals surface area (Å²) in [6.07, 6.45) is 0. The van der Waals surface area contributed by atoms with Crippen molar-refractivity contribution in [2.24, 2.45) is 0 Å². The molecule has 0 fully saturated rings. The van der Waals surface area contributed by atoms with Crippen LogP contribution in [0, 0.1) is 0 Å². The molecule has 0 spiro atoms. The summed E-state index contributed by atoms with van der Waals surface area (Å²) in [6.45, 7) is 0. The molecule has 0 aliphatic carbocycles. The predicted octanol–water partition coefficient (Wildman–Crippen LogP) is -5.62. The fraction of sp³-hybridized carbons (Fsp3) is 0. The van der Waals surface area contributed by atoms with E-state index in [0.29, 0.717) is 0 Å². The third kappa shape index (κ3) is 29.1. The summed E-state index contributed by atoms with van der Waals surface area (Å²) in [6, 6.07) is 0. The third-order valence-corrected chi connectivity index (χ3v) is 0. The molecule has 0 bridgehead atoms. The van der Waals surface area contributed by atoms with Gasteiger partial charge in [-0.25, -0.2) is 0 Å². The van der Waals surface area contributed by atoms with Gasteiger partial charge in [0.25, 0.3) is 0 Å². The molecule has 0 amide bonds. The molecule has 32 valence electrons. The van der Waals surface area contributed by atoms with Crippen LogP contribution >= 0.6 is 0 Å². The first kappa shape index (κ1) is 84.1. The molecule has 0 unspecified atom stereocenters. The molecular formula is H8BeI2N2+2. The average molecular weight is 299 g/mol. The topological polar surface area (TPSA) is 73.0 Å². The van der Waals surface area contributed by atoms with Crippen molar-refractivity contribution in [2.45, 2.75) is 0 Å². The van der Waals surface area contributed by atoms with Crippen LogP contribution in [0.2, 0.25) is 0 Å². The van der Waals surface area contributed by atoms with Crippen LogP contribution in [0.5, 0.6) is 0 Å². The Morgan fingerprint density at radius 1 is 0.600 bits per heavy atom. The van der Waals surface area contributed by atoms with Crippen LogP contribution in [0.15, 0.2) is 0 Å². The Balaban J connectivity index is 0. The second-order valence-electron chi connectivity index (χ2n) is 0. The molecule has 5 heteroatoms. The van der Waals surface area contributed by atoms with Gasteiger partial charge in [0, 0.05) is 0 Å². The van der Waals surface area contributed by atoms with Crippen molar-refractivity contribution in [3.05, 3.63) is 0 Å². The molecule has 0 saturated carbocycles. The number of hydrogen-bond acceptors (Lipinski definition) is 0. The zero-order valence-electron chi connectivity index (χ0n) is 3.46.